The van der Waals surface area contributed by atoms with Crippen LogP contribution in [0.2, 0.25) is 0 Å². The van der Waals surface area contributed by atoms with E-state index in [4.69, 9.17) is 5.73 Å². The average Bonchev–Trinajstić information content (AvgIpc) is 2.59. The minimum atomic E-state index is -0.413. The van der Waals surface area contributed by atoms with Crippen molar-refractivity contribution in [2.75, 3.05) is 0 Å². The van der Waals surface area contributed by atoms with Crippen molar-refractivity contribution in [1.82, 2.24) is 9.97 Å². The lowest BCUT2D eigenvalue weighted by Crippen LogP contribution is -2.30. The number of aromatic nitrogens is 2. The summed E-state index contributed by atoms with van der Waals surface area (Å²) in [4.78, 5) is 7.85. The molecule has 2 rings (SSSR count). The van der Waals surface area contributed by atoms with Gasteiger partial charge in [-0.25, -0.2) is 4.98 Å². The lowest BCUT2D eigenvalue weighted by molar-refractivity contribution is 0.522. The van der Waals surface area contributed by atoms with Crippen molar-refractivity contribution < 1.29 is 0 Å². The molecule has 0 saturated heterocycles. The van der Waals surface area contributed by atoms with Crippen LogP contribution < -0.4 is 5.73 Å². The Bertz CT molecular complexity index is 477. The van der Waals surface area contributed by atoms with Crippen LogP contribution >= 0.6 is 0 Å². The summed E-state index contributed by atoms with van der Waals surface area (Å²) < 4.78 is 0. The summed E-state index contributed by atoms with van der Waals surface area (Å²) in [6.45, 7) is 6.05. The monoisotopic (exact) mass is 203 g/mol. The number of nitrogens with zero attached hydrogens (tertiary/aromatic N) is 1. The SMILES string of the molecule is CCc1cccc2[nH]c(C(C)(C)N)nc12. The molecule has 0 amide bonds. The molecular formula is C12H17N3. The Labute approximate surface area is 89.7 Å². The molecule has 0 fully saturated rings. The molecular weight excluding hydrogens is 186 g/mol. The number of aryl methyl sites for hydroxylation is 1. The maximum atomic E-state index is 6.02. The minimum absolute atomic E-state index is 0.413. The highest BCUT2D eigenvalue weighted by molar-refractivity contribution is 5.79. The molecule has 0 aliphatic rings. The van der Waals surface area contributed by atoms with Crippen molar-refractivity contribution in [2.24, 2.45) is 5.73 Å². The summed E-state index contributed by atoms with van der Waals surface area (Å²) in [6, 6.07) is 6.19. The zero-order valence-corrected chi connectivity index (χ0v) is 9.46. The summed E-state index contributed by atoms with van der Waals surface area (Å²) in [6.07, 6.45) is 0.993. The summed E-state index contributed by atoms with van der Waals surface area (Å²) in [7, 11) is 0. The number of H-pyrrole nitrogens is 1. The van der Waals surface area contributed by atoms with Crippen molar-refractivity contribution in [1.29, 1.82) is 0 Å². The first-order chi connectivity index (χ1) is 7.02. The van der Waals surface area contributed by atoms with E-state index in [0.29, 0.717) is 0 Å². The van der Waals surface area contributed by atoms with Gasteiger partial charge in [0.2, 0.25) is 0 Å². The Morgan fingerprint density at radius 3 is 2.73 bits per heavy atom. The number of nitrogens with one attached hydrogen (secondary N) is 1. The van der Waals surface area contributed by atoms with Gasteiger partial charge in [-0.05, 0) is 31.9 Å². The fourth-order valence-corrected chi connectivity index (χ4v) is 1.68. The molecule has 3 N–H and O–H groups in total. The third-order valence-electron chi connectivity index (χ3n) is 2.59. The molecule has 15 heavy (non-hydrogen) atoms. The number of fused-ring (bicyclic) bond motifs is 1. The number of aromatic amines is 1. The molecule has 3 nitrogen and oxygen atoms in total. The third kappa shape index (κ3) is 1.75. The highest BCUT2D eigenvalue weighted by atomic mass is 15.0. The van der Waals surface area contributed by atoms with E-state index in [0.717, 1.165) is 23.3 Å². The topological polar surface area (TPSA) is 54.7 Å². The number of para-hydroxylation sites is 1. The largest absolute Gasteiger partial charge is 0.340 e. The molecule has 0 radical (unpaired) electrons. The van der Waals surface area contributed by atoms with Crippen LogP contribution in [0.3, 0.4) is 0 Å². The van der Waals surface area contributed by atoms with E-state index in [1.807, 2.05) is 26.0 Å². The predicted octanol–water partition coefficient (Wildman–Crippen LogP) is 2.32. The summed E-state index contributed by atoms with van der Waals surface area (Å²) in [5.74, 6) is 0.846. The van der Waals surface area contributed by atoms with Gasteiger partial charge in [0.15, 0.2) is 0 Å². The summed E-state index contributed by atoms with van der Waals surface area (Å²) in [5, 5.41) is 0. The zero-order valence-electron chi connectivity index (χ0n) is 9.46. The van der Waals surface area contributed by atoms with Gasteiger partial charge >= 0.3 is 0 Å². The Balaban J connectivity index is 2.65. The van der Waals surface area contributed by atoms with Gasteiger partial charge < -0.3 is 10.7 Å². The Hall–Kier alpha value is -1.35. The Morgan fingerprint density at radius 1 is 1.40 bits per heavy atom. The molecule has 1 aromatic heterocycles. The second-order valence-corrected chi connectivity index (χ2v) is 4.47. The smallest absolute Gasteiger partial charge is 0.126 e. The number of benzene rings is 1. The van der Waals surface area contributed by atoms with E-state index in [1.165, 1.54) is 5.56 Å². The van der Waals surface area contributed by atoms with Gasteiger partial charge in [0, 0.05) is 0 Å². The summed E-state index contributed by atoms with van der Waals surface area (Å²) >= 11 is 0. The predicted molar refractivity (Wildman–Crippen MR) is 62.7 cm³/mol. The second kappa shape index (κ2) is 3.35. The average molecular weight is 203 g/mol. The van der Waals surface area contributed by atoms with Gasteiger partial charge in [0.25, 0.3) is 0 Å². The fraction of sp³-hybridized carbons (Fsp3) is 0.417. The number of nitrogens with two attached hydrogens (primary N) is 1. The second-order valence-electron chi connectivity index (χ2n) is 4.47. The molecule has 0 atom stereocenters. The Morgan fingerprint density at radius 2 is 2.13 bits per heavy atom. The quantitative estimate of drug-likeness (QED) is 0.787. The van der Waals surface area contributed by atoms with Gasteiger partial charge in [-0.1, -0.05) is 19.1 Å². The van der Waals surface area contributed by atoms with Crippen LogP contribution in [0.15, 0.2) is 18.2 Å². The molecule has 2 aromatic rings. The molecule has 1 heterocycles. The van der Waals surface area contributed by atoms with Gasteiger partial charge in [-0.2, -0.15) is 0 Å². The first kappa shape index (κ1) is 10.2. The lowest BCUT2D eigenvalue weighted by atomic mass is 10.1. The van der Waals surface area contributed by atoms with Crippen LogP contribution in [0.5, 0.6) is 0 Å². The first-order valence-electron chi connectivity index (χ1n) is 5.29. The Kier molecular flexibility index (Phi) is 2.27. The molecule has 1 aromatic carbocycles. The van der Waals surface area contributed by atoms with Crippen LogP contribution in [-0.4, -0.2) is 9.97 Å². The van der Waals surface area contributed by atoms with Crippen LogP contribution in [0, 0.1) is 0 Å². The van der Waals surface area contributed by atoms with Crippen molar-refractivity contribution in [2.45, 2.75) is 32.7 Å². The maximum Gasteiger partial charge on any atom is 0.126 e. The number of hydrogen-bond acceptors (Lipinski definition) is 2. The standard InChI is InChI=1S/C12H17N3/c1-4-8-6-5-7-9-10(8)15-11(14-9)12(2,3)13/h5-7H,4,13H2,1-3H3,(H,14,15). The van der Waals surface area contributed by atoms with Gasteiger partial charge in [0.1, 0.15) is 5.82 Å². The van der Waals surface area contributed by atoms with Crippen LogP contribution in [0.4, 0.5) is 0 Å². The van der Waals surface area contributed by atoms with Crippen LogP contribution in [0.25, 0.3) is 11.0 Å². The maximum absolute atomic E-state index is 6.02. The fourth-order valence-electron chi connectivity index (χ4n) is 1.68. The minimum Gasteiger partial charge on any atom is -0.340 e. The highest BCUT2D eigenvalue weighted by Crippen LogP contribution is 2.21. The van der Waals surface area contributed by atoms with Gasteiger partial charge in [-0.3, -0.25) is 0 Å². The number of imidazole rings is 1. The van der Waals surface area contributed by atoms with E-state index >= 15 is 0 Å². The molecule has 0 aliphatic carbocycles. The molecule has 3 heteroatoms. The molecule has 0 unspecified atom stereocenters. The van der Waals surface area contributed by atoms with Crippen molar-refractivity contribution in [3.63, 3.8) is 0 Å². The van der Waals surface area contributed by atoms with Crippen molar-refractivity contribution in [3.05, 3.63) is 29.6 Å². The number of hydrogen-bond donors (Lipinski definition) is 2. The van der Waals surface area contributed by atoms with Crippen molar-refractivity contribution in [3.8, 4) is 0 Å². The van der Waals surface area contributed by atoms with E-state index in [2.05, 4.69) is 23.0 Å². The highest BCUT2D eigenvalue weighted by Gasteiger charge is 2.19. The summed E-state index contributed by atoms with van der Waals surface area (Å²) in [5.41, 5.74) is 8.99. The normalized spacial score (nSPS) is 12.3. The van der Waals surface area contributed by atoms with Crippen LogP contribution in [0.1, 0.15) is 32.2 Å². The molecule has 0 bridgehead atoms. The van der Waals surface area contributed by atoms with E-state index in [9.17, 15) is 0 Å². The van der Waals surface area contributed by atoms with Crippen molar-refractivity contribution >= 4 is 11.0 Å². The molecule has 0 spiro atoms. The first-order valence-corrected chi connectivity index (χ1v) is 5.29. The van der Waals surface area contributed by atoms with Gasteiger partial charge in [0.05, 0.1) is 16.6 Å². The van der Waals surface area contributed by atoms with E-state index in [-0.39, 0.29) is 0 Å². The third-order valence-corrected chi connectivity index (χ3v) is 2.59. The van der Waals surface area contributed by atoms with Crippen LogP contribution in [-0.2, 0) is 12.0 Å². The number of rotatable bonds is 2. The molecule has 0 aliphatic heterocycles. The molecule has 0 saturated carbocycles. The molecule has 80 valence electrons. The lowest BCUT2D eigenvalue weighted by Gasteiger charge is -2.14. The van der Waals surface area contributed by atoms with E-state index in [1.54, 1.807) is 0 Å². The van der Waals surface area contributed by atoms with E-state index < -0.39 is 5.54 Å². The zero-order chi connectivity index (χ0) is 11.1. The van der Waals surface area contributed by atoms with Gasteiger partial charge in [-0.15, -0.1) is 0 Å².